The van der Waals surface area contributed by atoms with E-state index in [0.29, 0.717) is 0 Å². The van der Waals surface area contributed by atoms with Crippen molar-refractivity contribution in [2.45, 2.75) is 24.8 Å². The van der Waals surface area contributed by atoms with Gasteiger partial charge in [0, 0.05) is 17.1 Å². The first-order valence-electron chi connectivity index (χ1n) is 4.85. The van der Waals surface area contributed by atoms with Gasteiger partial charge in [0.15, 0.2) is 0 Å². The highest BCUT2D eigenvalue weighted by Gasteiger charge is 2.17. The van der Waals surface area contributed by atoms with Gasteiger partial charge in [0.1, 0.15) is 0 Å². The lowest BCUT2D eigenvalue weighted by atomic mass is 10.2. The van der Waals surface area contributed by atoms with Crippen molar-refractivity contribution >= 4 is 26.0 Å². The summed E-state index contributed by atoms with van der Waals surface area (Å²) >= 11 is 3.27. The van der Waals surface area contributed by atoms with Crippen LogP contribution in [0.3, 0.4) is 0 Å². The topological polar surface area (TPSA) is 72.2 Å². The third-order valence-electron chi connectivity index (χ3n) is 2.04. The third-order valence-corrected chi connectivity index (χ3v) is 4.06. The summed E-state index contributed by atoms with van der Waals surface area (Å²) in [5, 5.41) is 0. The van der Waals surface area contributed by atoms with Gasteiger partial charge < -0.3 is 5.73 Å². The molecule has 4 nitrogen and oxygen atoms in total. The van der Waals surface area contributed by atoms with E-state index in [0.717, 1.165) is 10.0 Å². The molecule has 0 saturated heterocycles. The van der Waals surface area contributed by atoms with Crippen molar-refractivity contribution in [3.63, 3.8) is 0 Å². The van der Waals surface area contributed by atoms with Gasteiger partial charge in [-0.25, -0.2) is 13.1 Å². The molecule has 0 heterocycles. The minimum Gasteiger partial charge on any atom is -0.329 e. The van der Waals surface area contributed by atoms with Gasteiger partial charge in [0.05, 0.1) is 4.90 Å². The monoisotopic (exact) mass is 306 g/mol. The predicted octanol–water partition coefficient (Wildman–Crippen LogP) is 1.38. The molecule has 3 N–H and O–H groups in total. The van der Waals surface area contributed by atoms with E-state index in [9.17, 15) is 8.42 Å². The molecule has 0 aliphatic carbocycles. The van der Waals surface area contributed by atoms with Crippen LogP contribution in [-0.2, 0) is 10.0 Å². The Kier molecular flexibility index (Phi) is 4.49. The minimum atomic E-state index is -3.48. The summed E-state index contributed by atoms with van der Waals surface area (Å²) in [6.45, 7) is 3.84. The Morgan fingerprint density at radius 2 is 2.06 bits per heavy atom. The number of hydrogen-bond donors (Lipinski definition) is 2. The summed E-state index contributed by atoms with van der Waals surface area (Å²) in [4.78, 5) is 0.250. The Hall–Kier alpha value is -0.430. The SMILES string of the molecule is Cc1cc(Br)cc(S(=O)(=O)N[C@@H](C)CN)c1. The van der Waals surface area contributed by atoms with Gasteiger partial charge in [-0.3, -0.25) is 0 Å². The molecule has 0 amide bonds. The molecule has 0 spiro atoms. The van der Waals surface area contributed by atoms with Crippen molar-refractivity contribution in [2.75, 3.05) is 6.54 Å². The fraction of sp³-hybridized carbons (Fsp3) is 0.400. The van der Waals surface area contributed by atoms with E-state index in [2.05, 4.69) is 20.7 Å². The van der Waals surface area contributed by atoms with Crippen LogP contribution in [-0.4, -0.2) is 21.0 Å². The number of nitrogens with one attached hydrogen (secondary N) is 1. The van der Waals surface area contributed by atoms with Crippen LogP contribution in [0.2, 0.25) is 0 Å². The molecule has 0 aliphatic rings. The molecule has 0 unspecified atom stereocenters. The summed E-state index contributed by atoms with van der Waals surface area (Å²) < 4.78 is 27.1. The molecule has 1 aromatic carbocycles. The van der Waals surface area contributed by atoms with Crippen LogP contribution in [0, 0.1) is 6.92 Å². The Bertz CT molecular complexity index is 453. The van der Waals surface area contributed by atoms with Gasteiger partial charge in [0.2, 0.25) is 10.0 Å². The van der Waals surface area contributed by atoms with E-state index in [1.165, 1.54) is 0 Å². The average molecular weight is 307 g/mol. The molecule has 1 atom stereocenters. The first kappa shape index (κ1) is 13.6. The van der Waals surface area contributed by atoms with Gasteiger partial charge in [-0.05, 0) is 37.6 Å². The quantitative estimate of drug-likeness (QED) is 0.883. The molecular formula is C10H15BrN2O2S. The van der Waals surface area contributed by atoms with Crippen LogP contribution in [0.1, 0.15) is 12.5 Å². The summed E-state index contributed by atoms with van der Waals surface area (Å²) in [7, 11) is -3.48. The summed E-state index contributed by atoms with van der Waals surface area (Å²) in [6, 6.07) is 4.77. The molecule has 90 valence electrons. The first-order chi connectivity index (χ1) is 7.35. The zero-order chi connectivity index (χ0) is 12.3. The van der Waals surface area contributed by atoms with Crippen LogP contribution in [0.4, 0.5) is 0 Å². The van der Waals surface area contributed by atoms with Crippen molar-refractivity contribution in [1.82, 2.24) is 4.72 Å². The fourth-order valence-electron chi connectivity index (χ4n) is 1.24. The number of sulfonamides is 1. The number of benzene rings is 1. The van der Waals surface area contributed by atoms with Gasteiger partial charge in [-0.2, -0.15) is 0 Å². The molecular weight excluding hydrogens is 292 g/mol. The lowest BCUT2D eigenvalue weighted by molar-refractivity contribution is 0.562. The lowest BCUT2D eigenvalue weighted by Gasteiger charge is -2.12. The molecule has 0 fully saturated rings. The third kappa shape index (κ3) is 3.55. The Balaban J connectivity index is 3.07. The Labute approximate surface area is 104 Å². The zero-order valence-electron chi connectivity index (χ0n) is 9.20. The highest BCUT2D eigenvalue weighted by Crippen LogP contribution is 2.19. The van der Waals surface area contributed by atoms with Crippen molar-refractivity contribution in [3.8, 4) is 0 Å². The normalized spacial score (nSPS) is 13.8. The van der Waals surface area contributed by atoms with E-state index in [4.69, 9.17) is 5.73 Å². The molecule has 0 aliphatic heterocycles. The first-order valence-corrected chi connectivity index (χ1v) is 7.12. The summed E-state index contributed by atoms with van der Waals surface area (Å²) in [5.41, 5.74) is 6.27. The maximum atomic E-state index is 11.9. The molecule has 0 bridgehead atoms. The van der Waals surface area contributed by atoms with Crippen molar-refractivity contribution in [1.29, 1.82) is 0 Å². The van der Waals surface area contributed by atoms with Crippen LogP contribution in [0.25, 0.3) is 0 Å². The second-order valence-electron chi connectivity index (χ2n) is 3.72. The molecule has 0 saturated carbocycles. The zero-order valence-corrected chi connectivity index (χ0v) is 11.6. The molecule has 1 rings (SSSR count). The lowest BCUT2D eigenvalue weighted by Crippen LogP contribution is -2.37. The highest BCUT2D eigenvalue weighted by atomic mass is 79.9. The van der Waals surface area contributed by atoms with E-state index in [1.807, 2.05) is 13.0 Å². The summed E-state index contributed by atoms with van der Waals surface area (Å²) in [5.74, 6) is 0. The summed E-state index contributed by atoms with van der Waals surface area (Å²) in [6.07, 6.45) is 0. The molecule has 6 heteroatoms. The number of nitrogens with two attached hydrogens (primary N) is 1. The standard InChI is InChI=1S/C10H15BrN2O2S/c1-7-3-9(11)5-10(4-7)16(14,15)13-8(2)6-12/h3-5,8,13H,6,12H2,1-2H3/t8-/m0/s1. The fourth-order valence-corrected chi connectivity index (χ4v) is 3.38. The number of halogens is 1. The molecule has 0 aromatic heterocycles. The van der Waals surface area contributed by atoms with Crippen LogP contribution in [0.15, 0.2) is 27.6 Å². The number of aryl methyl sites for hydroxylation is 1. The van der Waals surface area contributed by atoms with Crippen molar-refractivity contribution < 1.29 is 8.42 Å². The Morgan fingerprint density at radius 1 is 1.44 bits per heavy atom. The van der Waals surface area contributed by atoms with Gasteiger partial charge in [-0.1, -0.05) is 15.9 Å². The minimum absolute atomic E-state index is 0.250. The second kappa shape index (κ2) is 5.27. The van der Waals surface area contributed by atoms with Crippen molar-refractivity contribution in [3.05, 3.63) is 28.2 Å². The largest absolute Gasteiger partial charge is 0.329 e. The van der Waals surface area contributed by atoms with Gasteiger partial charge >= 0.3 is 0 Å². The smallest absolute Gasteiger partial charge is 0.240 e. The van der Waals surface area contributed by atoms with Crippen LogP contribution >= 0.6 is 15.9 Å². The molecule has 1 aromatic rings. The van der Waals surface area contributed by atoms with Crippen LogP contribution < -0.4 is 10.5 Å². The second-order valence-corrected chi connectivity index (χ2v) is 6.35. The molecule has 0 radical (unpaired) electrons. The Morgan fingerprint density at radius 3 is 2.56 bits per heavy atom. The van der Waals surface area contributed by atoms with Crippen molar-refractivity contribution in [2.24, 2.45) is 5.73 Å². The maximum absolute atomic E-state index is 11.9. The number of hydrogen-bond acceptors (Lipinski definition) is 3. The van der Waals surface area contributed by atoms with E-state index in [1.54, 1.807) is 19.1 Å². The maximum Gasteiger partial charge on any atom is 0.240 e. The average Bonchev–Trinajstić information content (AvgIpc) is 2.15. The van der Waals surface area contributed by atoms with E-state index < -0.39 is 10.0 Å². The predicted molar refractivity (Wildman–Crippen MR) is 67.7 cm³/mol. The van der Waals surface area contributed by atoms with Gasteiger partial charge in [-0.15, -0.1) is 0 Å². The van der Waals surface area contributed by atoms with E-state index in [-0.39, 0.29) is 17.5 Å². The number of rotatable bonds is 4. The molecule has 16 heavy (non-hydrogen) atoms. The van der Waals surface area contributed by atoms with Crippen LogP contribution in [0.5, 0.6) is 0 Å². The van der Waals surface area contributed by atoms with Gasteiger partial charge in [0.25, 0.3) is 0 Å². The highest BCUT2D eigenvalue weighted by molar-refractivity contribution is 9.10. The van der Waals surface area contributed by atoms with E-state index >= 15 is 0 Å².